The lowest BCUT2D eigenvalue weighted by Gasteiger charge is -2.35. The summed E-state index contributed by atoms with van der Waals surface area (Å²) in [6.45, 7) is 3.68. The maximum absolute atomic E-state index is 9.91. The SMILES string of the molecule is CC[C@](C)(CO)N(O)c1ccccc1. The maximum atomic E-state index is 9.91. The number of aliphatic hydroxyl groups is 1. The van der Waals surface area contributed by atoms with Crippen molar-refractivity contribution in [2.24, 2.45) is 0 Å². The van der Waals surface area contributed by atoms with Crippen LogP contribution in [0.4, 0.5) is 5.69 Å². The first-order chi connectivity index (χ1) is 6.64. The fraction of sp³-hybridized carbons (Fsp3) is 0.455. The number of rotatable bonds is 4. The lowest BCUT2D eigenvalue weighted by molar-refractivity contribution is 0.0969. The molecule has 0 aliphatic heterocycles. The number of nitrogens with zero attached hydrogens (tertiary/aromatic N) is 1. The molecular formula is C11H17NO2. The molecule has 0 amide bonds. The lowest BCUT2D eigenvalue weighted by atomic mass is 9.99. The second-order valence-corrected chi connectivity index (χ2v) is 3.66. The topological polar surface area (TPSA) is 43.7 Å². The van der Waals surface area contributed by atoms with Crippen LogP contribution in [0.15, 0.2) is 30.3 Å². The van der Waals surface area contributed by atoms with Crippen LogP contribution in [0.1, 0.15) is 20.3 Å². The van der Waals surface area contributed by atoms with Crippen LogP contribution in [-0.4, -0.2) is 22.5 Å². The summed E-state index contributed by atoms with van der Waals surface area (Å²) in [4.78, 5) is 0. The van der Waals surface area contributed by atoms with Gasteiger partial charge in [0.05, 0.1) is 17.8 Å². The van der Waals surface area contributed by atoms with Crippen LogP contribution >= 0.6 is 0 Å². The molecule has 0 aliphatic carbocycles. The van der Waals surface area contributed by atoms with Crippen molar-refractivity contribution in [3.05, 3.63) is 30.3 Å². The molecule has 0 spiro atoms. The molecule has 1 rings (SSSR count). The Morgan fingerprint density at radius 2 is 1.86 bits per heavy atom. The molecule has 0 bridgehead atoms. The van der Waals surface area contributed by atoms with Crippen LogP contribution in [0.3, 0.4) is 0 Å². The monoisotopic (exact) mass is 195 g/mol. The Morgan fingerprint density at radius 3 is 2.29 bits per heavy atom. The molecular weight excluding hydrogens is 178 g/mol. The average molecular weight is 195 g/mol. The van der Waals surface area contributed by atoms with Gasteiger partial charge in [-0.3, -0.25) is 5.21 Å². The number of benzene rings is 1. The summed E-state index contributed by atoms with van der Waals surface area (Å²) in [5, 5.41) is 20.3. The number of hydrogen-bond acceptors (Lipinski definition) is 3. The van der Waals surface area contributed by atoms with E-state index in [1.165, 1.54) is 0 Å². The van der Waals surface area contributed by atoms with E-state index in [0.29, 0.717) is 12.1 Å². The normalized spacial score (nSPS) is 14.9. The van der Waals surface area contributed by atoms with Crippen molar-refractivity contribution in [2.45, 2.75) is 25.8 Å². The van der Waals surface area contributed by atoms with E-state index in [0.717, 1.165) is 5.06 Å². The molecule has 0 radical (unpaired) electrons. The summed E-state index contributed by atoms with van der Waals surface area (Å²) in [6, 6.07) is 9.21. The minimum absolute atomic E-state index is 0.0745. The van der Waals surface area contributed by atoms with Gasteiger partial charge in [0.2, 0.25) is 0 Å². The van der Waals surface area contributed by atoms with Crippen molar-refractivity contribution in [3.63, 3.8) is 0 Å². The van der Waals surface area contributed by atoms with Gasteiger partial charge in [0.1, 0.15) is 0 Å². The largest absolute Gasteiger partial charge is 0.394 e. The maximum Gasteiger partial charge on any atom is 0.0870 e. The van der Waals surface area contributed by atoms with Gasteiger partial charge in [0, 0.05) is 0 Å². The highest BCUT2D eigenvalue weighted by Crippen LogP contribution is 2.23. The van der Waals surface area contributed by atoms with E-state index in [2.05, 4.69) is 0 Å². The molecule has 0 aromatic heterocycles. The van der Waals surface area contributed by atoms with Gasteiger partial charge >= 0.3 is 0 Å². The first-order valence-electron chi connectivity index (χ1n) is 4.79. The highest BCUT2D eigenvalue weighted by molar-refractivity contribution is 5.45. The van der Waals surface area contributed by atoms with Crippen LogP contribution < -0.4 is 5.06 Å². The summed E-state index contributed by atoms with van der Waals surface area (Å²) in [6.07, 6.45) is 0.675. The Hall–Kier alpha value is -1.06. The van der Waals surface area contributed by atoms with Gasteiger partial charge in [-0.25, -0.2) is 5.06 Å². The van der Waals surface area contributed by atoms with E-state index in [9.17, 15) is 10.3 Å². The predicted molar refractivity (Wildman–Crippen MR) is 56.5 cm³/mol. The van der Waals surface area contributed by atoms with Gasteiger partial charge in [0.25, 0.3) is 0 Å². The smallest absolute Gasteiger partial charge is 0.0870 e. The molecule has 0 unspecified atom stereocenters. The lowest BCUT2D eigenvalue weighted by Crippen LogP contribution is -2.47. The molecule has 14 heavy (non-hydrogen) atoms. The number of hydroxylamine groups is 1. The molecule has 3 heteroatoms. The summed E-state index contributed by atoms with van der Waals surface area (Å²) in [5.41, 5.74) is 0.0901. The first-order valence-corrected chi connectivity index (χ1v) is 4.79. The minimum Gasteiger partial charge on any atom is -0.394 e. The predicted octanol–water partition coefficient (Wildman–Crippen LogP) is 2.04. The number of hydrogen-bond donors (Lipinski definition) is 2. The van der Waals surface area contributed by atoms with Crippen LogP contribution in [-0.2, 0) is 0 Å². The van der Waals surface area contributed by atoms with E-state index >= 15 is 0 Å². The average Bonchev–Trinajstić information content (AvgIpc) is 2.28. The number of anilines is 1. The fourth-order valence-corrected chi connectivity index (χ4v) is 1.21. The van der Waals surface area contributed by atoms with E-state index in [4.69, 9.17) is 0 Å². The zero-order valence-corrected chi connectivity index (χ0v) is 8.64. The van der Waals surface area contributed by atoms with Crippen molar-refractivity contribution >= 4 is 5.69 Å². The van der Waals surface area contributed by atoms with Crippen molar-refractivity contribution in [2.75, 3.05) is 11.7 Å². The summed E-state index contributed by atoms with van der Waals surface area (Å²) >= 11 is 0. The second kappa shape index (κ2) is 4.44. The van der Waals surface area contributed by atoms with E-state index in [1.54, 1.807) is 0 Å². The van der Waals surface area contributed by atoms with Gasteiger partial charge in [-0.2, -0.15) is 0 Å². The highest BCUT2D eigenvalue weighted by atomic mass is 16.5. The second-order valence-electron chi connectivity index (χ2n) is 3.66. The minimum atomic E-state index is -0.610. The van der Waals surface area contributed by atoms with Gasteiger partial charge in [-0.05, 0) is 25.5 Å². The van der Waals surface area contributed by atoms with Gasteiger partial charge < -0.3 is 5.11 Å². The van der Waals surface area contributed by atoms with E-state index in [-0.39, 0.29) is 6.61 Å². The number of para-hydroxylation sites is 1. The molecule has 0 aliphatic rings. The molecule has 1 aromatic carbocycles. The van der Waals surface area contributed by atoms with Gasteiger partial charge in [-0.1, -0.05) is 25.1 Å². The summed E-state index contributed by atoms with van der Waals surface area (Å²) < 4.78 is 0. The standard InChI is InChI=1S/C11H17NO2/c1-3-11(2,9-13)12(14)10-7-5-4-6-8-10/h4-8,13-14H,3,9H2,1-2H3/t11-/m1/s1. The Balaban J connectivity index is 2.89. The molecule has 78 valence electrons. The van der Waals surface area contributed by atoms with Crippen molar-refractivity contribution in [1.82, 2.24) is 0 Å². The quantitative estimate of drug-likeness (QED) is 0.722. The third kappa shape index (κ3) is 2.05. The molecule has 0 fully saturated rings. The Morgan fingerprint density at radius 1 is 1.29 bits per heavy atom. The van der Waals surface area contributed by atoms with E-state index < -0.39 is 5.54 Å². The molecule has 0 heterocycles. The van der Waals surface area contributed by atoms with E-state index in [1.807, 2.05) is 44.2 Å². The van der Waals surface area contributed by atoms with Crippen LogP contribution in [0.5, 0.6) is 0 Å². The van der Waals surface area contributed by atoms with Crippen molar-refractivity contribution in [1.29, 1.82) is 0 Å². The molecule has 1 atom stereocenters. The Labute approximate surface area is 84.6 Å². The number of aliphatic hydroxyl groups excluding tert-OH is 1. The molecule has 0 saturated carbocycles. The molecule has 1 aromatic rings. The molecule has 3 nitrogen and oxygen atoms in total. The van der Waals surface area contributed by atoms with Crippen molar-refractivity contribution < 1.29 is 10.3 Å². The van der Waals surface area contributed by atoms with Crippen molar-refractivity contribution in [3.8, 4) is 0 Å². The van der Waals surface area contributed by atoms with Gasteiger partial charge in [-0.15, -0.1) is 0 Å². The van der Waals surface area contributed by atoms with Crippen LogP contribution in [0.25, 0.3) is 0 Å². The zero-order valence-electron chi connectivity index (χ0n) is 8.64. The third-order valence-electron chi connectivity index (χ3n) is 2.61. The van der Waals surface area contributed by atoms with Gasteiger partial charge in [0.15, 0.2) is 0 Å². The van der Waals surface area contributed by atoms with Crippen LogP contribution in [0.2, 0.25) is 0 Å². The molecule has 2 N–H and O–H groups in total. The Bertz CT molecular complexity index is 270. The summed E-state index contributed by atoms with van der Waals surface area (Å²) in [5.74, 6) is 0. The highest BCUT2D eigenvalue weighted by Gasteiger charge is 2.28. The summed E-state index contributed by atoms with van der Waals surface area (Å²) in [7, 11) is 0. The first kappa shape index (κ1) is 11.0. The fourth-order valence-electron chi connectivity index (χ4n) is 1.21. The zero-order chi connectivity index (χ0) is 10.6. The Kier molecular flexibility index (Phi) is 3.49. The van der Waals surface area contributed by atoms with Crippen LogP contribution in [0, 0.1) is 0 Å². The molecule has 0 saturated heterocycles. The third-order valence-corrected chi connectivity index (χ3v) is 2.61.